The number of para-hydroxylation sites is 1. The molecule has 39 heavy (non-hydrogen) atoms. The van der Waals surface area contributed by atoms with Crippen LogP contribution in [0.4, 0.5) is 24.5 Å². The van der Waals surface area contributed by atoms with Crippen LogP contribution in [0.25, 0.3) is 0 Å². The summed E-state index contributed by atoms with van der Waals surface area (Å²) in [6.07, 6.45) is -4.98. The van der Waals surface area contributed by atoms with Gasteiger partial charge in [0.15, 0.2) is 0 Å². The summed E-state index contributed by atoms with van der Waals surface area (Å²) < 4.78 is 46.6. The molecule has 0 aliphatic carbocycles. The maximum atomic E-state index is 14.1. The lowest BCUT2D eigenvalue weighted by Crippen LogP contribution is -2.50. The molecule has 1 aliphatic rings. The summed E-state index contributed by atoms with van der Waals surface area (Å²) in [7, 11) is 1.90. The maximum absolute atomic E-state index is 14.1. The molecule has 2 aromatic carbocycles. The van der Waals surface area contributed by atoms with Gasteiger partial charge in [-0.25, -0.2) is 0 Å². The van der Waals surface area contributed by atoms with E-state index in [0.29, 0.717) is 12.5 Å². The fourth-order valence-corrected chi connectivity index (χ4v) is 5.52. The molecule has 1 N–H and O–H groups in total. The number of nitrogens with one attached hydrogen (secondary N) is 1. The van der Waals surface area contributed by atoms with Crippen molar-refractivity contribution in [3.05, 3.63) is 53.1 Å². The summed E-state index contributed by atoms with van der Waals surface area (Å²) in [5.74, 6) is -1.07. The lowest BCUT2D eigenvalue weighted by Gasteiger charge is -2.35. The van der Waals surface area contributed by atoms with Gasteiger partial charge in [0.25, 0.3) is 0 Å². The van der Waals surface area contributed by atoms with Crippen molar-refractivity contribution in [1.82, 2.24) is 4.90 Å². The van der Waals surface area contributed by atoms with Crippen LogP contribution in [0.5, 0.6) is 5.75 Å². The van der Waals surface area contributed by atoms with Crippen LogP contribution in [0.2, 0.25) is 0 Å². The van der Waals surface area contributed by atoms with E-state index < -0.39 is 29.0 Å². The summed E-state index contributed by atoms with van der Waals surface area (Å²) in [5.41, 5.74) is 0.438. The highest BCUT2D eigenvalue weighted by Gasteiger charge is 2.56. The maximum Gasteiger partial charge on any atom is 0.416 e. The molecule has 0 saturated carbocycles. The Balaban J connectivity index is 2.07. The average Bonchev–Trinajstić information content (AvgIpc) is 3.03. The monoisotopic (exact) mass is 547 g/mol. The van der Waals surface area contributed by atoms with Crippen LogP contribution in [0.1, 0.15) is 51.3 Å². The molecule has 9 heteroatoms. The van der Waals surface area contributed by atoms with Crippen LogP contribution in [0.15, 0.2) is 36.4 Å². The molecule has 2 amide bonds. The van der Waals surface area contributed by atoms with E-state index in [2.05, 4.69) is 19.2 Å². The molecule has 6 nitrogen and oxygen atoms in total. The Kier molecular flexibility index (Phi) is 9.05. The van der Waals surface area contributed by atoms with Crippen LogP contribution in [0.3, 0.4) is 0 Å². The molecule has 0 radical (unpaired) electrons. The Morgan fingerprint density at radius 2 is 1.77 bits per heavy atom. The van der Waals surface area contributed by atoms with Crippen LogP contribution >= 0.6 is 0 Å². The molecule has 214 valence electrons. The van der Waals surface area contributed by atoms with Crippen molar-refractivity contribution in [1.29, 1.82) is 0 Å². The van der Waals surface area contributed by atoms with Crippen molar-refractivity contribution < 1.29 is 27.5 Å². The molecule has 2 atom stereocenters. The van der Waals surface area contributed by atoms with E-state index in [9.17, 15) is 22.8 Å². The van der Waals surface area contributed by atoms with Gasteiger partial charge in [0, 0.05) is 37.1 Å². The van der Waals surface area contributed by atoms with Gasteiger partial charge in [-0.2, -0.15) is 13.2 Å². The van der Waals surface area contributed by atoms with Crippen molar-refractivity contribution in [2.24, 2.45) is 17.3 Å². The molecule has 1 aliphatic heterocycles. The van der Waals surface area contributed by atoms with Gasteiger partial charge in [-0.15, -0.1) is 0 Å². The Hall–Kier alpha value is -3.07. The molecule has 0 bridgehead atoms. The average molecular weight is 548 g/mol. The highest BCUT2D eigenvalue weighted by atomic mass is 19.4. The summed E-state index contributed by atoms with van der Waals surface area (Å²) in [5, 5.41) is 2.74. The smallest absolute Gasteiger partial charge is 0.416 e. The SMILES string of the molecule is Cc1cccc(C)c1N1C[C@@](CN(C)CC(C)C)(C(=O)Nc2cc(OC(C)C)cc(C(F)(F)F)c2)[C@H](C)C1=O. The molecular weight excluding hydrogens is 507 g/mol. The zero-order valence-electron chi connectivity index (χ0n) is 24.1. The standard InChI is InChI=1S/C30H40F3N3O3/c1-18(2)15-35(8)16-29(17-36(27(37)22(29)7)26-20(5)10-9-11-21(26)6)28(38)34-24-12-23(30(31,32)33)13-25(14-24)39-19(3)4/h9-14,18-19,22H,15-17H2,1-8H3,(H,34,38)/t22-,29-/m1/s1. The van der Waals surface area contributed by atoms with Crippen molar-refractivity contribution in [3.63, 3.8) is 0 Å². The molecule has 0 spiro atoms. The fourth-order valence-electron chi connectivity index (χ4n) is 5.52. The first kappa shape index (κ1) is 30.5. The third kappa shape index (κ3) is 6.75. The number of aryl methyl sites for hydroxylation is 2. The second-order valence-corrected chi connectivity index (χ2v) is 11.5. The molecular formula is C30H40F3N3O3. The molecule has 0 aromatic heterocycles. The van der Waals surface area contributed by atoms with Gasteiger partial charge in [-0.1, -0.05) is 39.0 Å². The van der Waals surface area contributed by atoms with E-state index >= 15 is 0 Å². The molecule has 1 fully saturated rings. The van der Waals surface area contributed by atoms with E-state index in [1.807, 2.05) is 44.0 Å². The minimum absolute atomic E-state index is 0.00816. The predicted octanol–water partition coefficient (Wildman–Crippen LogP) is 6.31. The minimum Gasteiger partial charge on any atom is -0.491 e. The van der Waals surface area contributed by atoms with Crippen molar-refractivity contribution in [2.45, 2.75) is 60.7 Å². The Labute approximate surface area is 229 Å². The van der Waals surface area contributed by atoms with E-state index in [-0.39, 0.29) is 36.5 Å². The number of nitrogens with zero attached hydrogens (tertiary/aromatic N) is 2. The van der Waals surface area contributed by atoms with Crippen LogP contribution in [0, 0.1) is 31.1 Å². The van der Waals surface area contributed by atoms with E-state index in [0.717, 1.165) is 28.9 Å². The highest BCUT2D eigenvalue weighted by Crippen LogP contribution is 2.43. The largest absolute Gasteiger partial charge is 0.491 e. The third-order valence-electron chi connectivity index (χ3n) is 7.16. The summed E-state index contributed by atoms with van der Waals surface area (Å²) in [6.45, 7) is 14.2. The van der Waals surface area contributed by atoms with Gasteiger partial charge in [0.2, 0.25) is 11.8 Å². The zero-order chi connectivity index (χ0) is 29.3. The second kappa shape index (κ2) is 11.6. The van der Waals surface area contributed by atoms with Crippen molar-refractivity contribution in [3.8, 4) is 5.75 Å². The number of hydrogen-bond acceptors (Lipinski definition) is 4. The second-order valence-electron chi connectivity index (χ2n) is 11.5. The highest BCUT2D eigenvalue weighted by molar-refractivity contribution is 6.08. The van der Waals surface area contributed by atoms with Crippen LogP contribution in [-0.2, 0) is 15.8 Å². The number of carbonyl (C=O) groups excluding carboxylic acids is 2. The number of hydrogen-bond donors (Lipinski definition) is 1. The van der Waals surface area contributed by atoms with Gasteiger partial charge in [0.1, 0.15) is 5.75 Å². The number of benzene rings is 2. The first-order valence-electron chi connectivity index (χ1n) is 13.3. The predicted molar refractivity (Wildman–Crippen MR) is 148 cm³/mol. The first-order valence-corrected chi connectivity index (χ1v) is 13.3. The number of amides is 2. The molecule has 1 heterocycles. The van der Waals surface area contributed by atoms with Gasteiger partial charge in [-0.3, -0.25) is 9.59 Å². The summed E-state index contributed by atoms with van der Waals surface area (Å²) >= 11 is 0. The number of carbonyl (C=O) groups is 2. The third-order valence-corrected chi connectivity index (χ3v) is 7.16. The van der Waals surface area contributed by atoms with Crippen molar-refractivity contribution >= 4 is 23.2 Å². The van der Waals surface area contributed by atoms with Gasteiger partial charge in [0.05, 0.1) is 23.0 Å². The Morgan fingerprint density at radius 1 is 1.15 bits per heavy atom. The number of ether oxygens (including phenoxy) is 1. The van der Waals surface area contributed by atoms with E-state index in [1.54, 1.807) is 25.7 Å². The quantitative estimate of drug-likeness (QED) is 0.400. The van der Waals surface area contributed by atoms with Crippen LogP contribution in [-0.4, -0.2) is 49.5 Å². The Morgan fingerprint density at radius 3 is 2.31 bits per heavy atom. The molecule has 3 rings (SSSR count). The number of rotatable bonds is 9. The Bertz CT molecular complexity index is 1190. The normalized spacial score (nSPS) is 19.9. The summed E-state index contributed by atoms with van der Waals surface area (Å²) in [6, 6.07) is 8.98. The molecule has 2 aromatic rings. The topological polar surface area (TPSA) is 61.9 Å². The van der Waals surface area contributed by atoms with Gasteiger partial charge in [-0.05, 0) is 63.9 Å². The lowest BCUT2D eigenvalue weighted by atomic mass is 9.77. The fraction of sp³-hybridized carbons (Fsp3) is 0.533. The zero-order valence-corrected chi connectivity index (χ0v) is 24.1. The van der Waals surface area contributed by atoms with E-state index in [4.69, 9.17) is 4.74 Å². The van der Waals surface area contributed by atoms with E-state index in [1.165, 1.54) is 6.07 Å². The lowest BCUT2D eigenvalue weighted by molar-refractivity contribution is -0.137. The molecule has 1 saturated heterocycles. The van der Waals surface area contributed by atoms with Crippen molar-refractivity contribution in [2.75, 3.05) is 36.9 Å². The van der Waals surface area contributed by atoms with Gasteiger partial charge < -0.3 is 19.9 Å². The minimum atomic E-state index is -4.62. The van der Waals surface area contributed by atoms with Gasteiger partial charge >= 0.3 is 6.18 Å². The number of alkyl halides is 3. The first-order chi connectivity index (χ1) is 18.0. The van der Waals surface area contributed by atoms with Crippen LogP contribution < -0.4 is 15.0 Å². The summed E-state index contributed by atoms with van der Waals surface area (Å²) in [4.78, 5) is 31.5. The molecule has 0 unspecified atom stereocenters. The number of anilines is 2. The number of halogens is 3.